The number of carboxylic acids is 1. The molecule has 0 spiro atoms. The molecule has 0 unspecified atom stereocenters. The molecule has 5 rings (SSSR count). The Bertz CT molecular complexity index is 827. The van der Waals surface area contributed by atoms with Gasteiger partial charge in [0, 0.05) is 4.88 Å². The minimum absolute atomic E-state index is 0.0612. The highest BCUT2D eigenvalue weighted by atomic mass is 32.1. The van der Waals surface area contributed by atoms with Crippen LogP contribution in [0.15, 0.2) is 12.2 Å². The van der Waals surface area contributed by atoms with E-state index in [0.29, 0.717) is 10.6 Å². The number of nitrogens with one attached hydrogen (secondary N) is 1. The number of allylic oxidation sites excluding steroid dienone is 2. The van der Waals surface area contributed by atoms with E-state index in [1.807, 2.05) is 12.2 Å². The molecule has 2 bridgehead atoms. The number of hydrogen-bond donors (Lipinski definition) is 2. The number of ether oxygens (including phenoxy) is 1. The van der Waals surface area contributed by atoms with Crippen molar-refractivity contribution in [1.82, 2.24) is 0 Å². The summed E-state index contributed by atoms with van der Waals surface area (Å²) in [6.45, 7) is 2.03. The van der Waals surface area contributed by atoms with Crippen LogP contribution in [-0.4, -0.2) is 29.6 Å². The maximum atomic E-state index is 13.1. The second-order valence-electron chi connectivity index (χ2n) is 7.45. The summed E-state index contributed by atoms with van der Waals surface area (Å²) >= 11 is 1.43. The first-order valence-corrected chi connectivity index (χ1v) is 10.4. The van der Waals surface area contributed by atoms with E-state index in [1.54, 1.807) is 6.92 Å². The number of anilines is 1. The van der Waals surface area contributed by atoms with E-state index in [1.165, 1.54) is 11.3 Å². The number of thiophene rings is 1. The lowest BCUT2D eigenvalue weighted by molar-refractivity contribution is -0.151. The maximum Gasteiger partial charge on any atom is 0.341 e. The number of aliphatic carboxylic acids is 1. The van der Waals surface area contributed by atoms with Crippen molar-refractivity contribution in [2.75, 3.05) is 11.9 Å². The van der Waals surface area contributed by atoms with E-state index >= 15 is 0 Å². The minimum Gasteiger partial charge on any atom is -0.481 e. The zero-order chi connectivity index (χ0) is 19.1. The SMILES string of the molecule is CCOC(=O)c1c(NC(=O)[C@H]2[C@H](C(=O)O)[C@H]3C=C[C@H]2CC3)sc2c1CCC2. The number of carbonyl (C=O) groups is 3. The predicted molar refractivity (Wildman–Crippen MR) is 101 cm³/mol. The molecule has 2 N–H and O–H groups in total. The summed E-state index contributed by atoms with van der Waals surface area (Å²) in [6.07, 6.45) is 8.28. The number of carboxylic acid groups (broad SMARTS) is 1. The maximum absolute atomic E-state index is 13.1. The average Bonchev–Trinajstić information content (AvgIpc) is 3.22. The third-order valence-corrected chi connectivity index (χ3v) is 7.18. The van der Waals surface area contributed by atoms with Gasteiger partial charge in [0.05, 0.1) is 24.0 Å². The van der Waals surface area contributed by atoms with Gasteiger partial charge in [-0.05, 0) is 56.4 Å². The highest BCUT2D eigenvalue weighted by molar-refractivity contribution is 7.17. The van der Waals surface area contributed by atoms with Gasteiger partial charge in [-0.1, -0.05) is 12.2 Å². The fourth-order valence-corrected chi connectivity index (χ4v) is 6.08. The Kier molecular flexibility index (Phi) is 4.80. The molecule has 1 fully saturated rings. The molecule has 1 aromatic rings. The molecule has 4 atom stereocenters. The number of hydrogen-bond acceptors (Lipinski definition) is 5. The molecule has 0 aromatic carbocycles. The monoisotopic (exact) mass is 389 g/mol. The number of carbonyl (C=O) groups excluding carboxylic acids is 2. The number of amides is 1. The van der Waals surface area contributed by atoms with Gasteiger partial charge < -0.3 is 15.2 Å². The van der Waals surface area contributed by atoms with Gasteiger partial charge in [0.2, 0.25) is 5.91 Å². The van der Waals surface area contributed by atoms with E-state index in [0.717, 1.165) is 42.5 Å². The summed E-state index contributed by atoms with van der Waals surface area (Å²) in [4.78, 5) is 38.5. The summed E-state index contributed by atoms with van der Waals surface area (Å²) in [7, 11) is 0. The minimum atomic E-state index is -0.923. The number of fused-ring (bicyclic) bond motifs is 3. The average molecular weight is 389 g/mol. The van der Waals surface area contributed by atoms with Crippen LogP contribution in [0.2, 0.25) is 0 Å². The lowest BCUT2D eigenvalue weighted by Gasteiger charge is -2.41. The Labute approximate surface area is 161 Å². The third kappa shape index (κ3) is 3.08. The molecule has 1 amide bonds. The summed E-state index contributed by atoms with van der Waals surface area (Å²) < 4.78 is 5.20. The highest BCUT2D eigenvalue weighted by Gasteiger charge is 2.48. The summed E-state index contributed by atoms with van der Waals surface area (Å²) in [5, 5.41) is 13.1. The lowest BCUT2D eigenvalue weighted by atomic mass is 9.62. The van der Waals surface area contributed by atoms with Gasteiger partial charge in [-0.3, -0.25) is 9.59 Å². The highest BCUT2D eigenvalue weighted by Crippen LogP contribution is 2.46. The summed E-state index contributed by atoms with van der Waals surface area (Å²) in [5.41, 5.74) is 1.44. The van der Waals surface area contributed by atoms with Crippen LogP contribution in [0.4, 0.5) is 5.00 Å². The van der Waals surface area contributed by atoms with E-state index in [9.17, 15) is 19.5 Å². The molecule has 1 aromatic heterocycles. The van der Waals surface area contributed by atoms with E-state index in [-0.39, 0.29) is 24.3 Å². The van der Waals surface area contributed by atoms with Crippen molar-refractivity contribution >= 4 is 34.2 Å². The Hall–Kier alpha value is -2.15. The second-order valence-corrected chi connectivity index (χ2v) is 8.56. The quantitative estimate of drug-likeness (QED) is 0.596. The molecule has 27 heavy (non-hydrogen) atoms. The molecule has 7 heteroatoms. The topological polar surface area (TPSA) is 92.7 Å². The van der Waals surface area contributed by atoms with E-state index in [2.05, 4.69) is 5.32 Å². The smallest absolute Gasteiger partial charge is 0.341 e. The van der Waals surface area contributed by atoms with Gasteiger partial charge >= 0.3 is 11.9 Å². The summed E-state index contributed by atoms with van der Waals surface area (Å²) in [5.74, 6) is -3.09. The molecule has 1 saturated carbocycles. The number of aryl methyl sites for hydroxylation is 1. The third-order valence-electron chi connectivity index (χ3n) is 5.97. The Morgan fingerprint density at radius 2 is 1.89 bits per heavy atom. The van der Waals surface area contributed by atoms with Gasteiger partial charge in [0.1, 0.15) is 5.00 Å². The second kappa shape index (κ2) is 7.11. The van der Waals surface area contributed by atoms with Crippen molar-refractivity contribution in [3.05, 3.63) is 28.2 Å². The molecule has 4 aliphatic carbocycles. The number of esters is 1. The van der Waals surface area contributed by atoms with Crippen molar-refractivity contribution in [2.24, 2.45) is 23.7 Å². The van der Waals surface area contributed by atoms with Crippen LogP contribution in [0.25, 0.3) is 0 Å². The van der Waals surface area contributed by atoms with Gasteiger partial charge in [0.15, 0.2) is 0 Å². The molecule has 0 saturated heterocycles. The van der Waals surface area contributed by atoms with Crippen molar-refractivity contribution in [3.63, 3.8) is 0 Å². The van der Waals surface area contributed by atoms with Gasteiger partial charge in [-0.25, -0.2) is 4.79 Å². The first-order valence-electron chi connectivity index (χ1n) is 9.55. The molecule has 1 heterocycles. The van der Waals surface area contributed by atoms with Gasteiger partial charge in [-0.2, -0.15) is 0 Å². The van der Waals surface area contributed by atoms with E-state index < -0.39 is 23.8 Å². The Morgan fingerprint density at radius 3 is 2.52 bits per heavy atom. The first-order chi connectivity index (χ1) is 13.0. The van der Waals surface area contributed by atoms with Crippen LogP contribution in [0.3, 0.4) is 0 Å². The number of rotatable bonds is 5. The Balaban J connectivity index is 1.63. The van der Waals surface area contributed by atoms with Crippen LogP contribution in [0.5, 0.6) is 0 Å². The summed E-state index contributed by atoms with van der Waals surface area (Å²) in [6, 6.07) is 0. The van der Waals surface area contributed by atoms with Crippen molar-refractivity contribution in [1.29, 1.82) is 0 Å². The van der Waals surface area contributed by atoms with Crippen molar-refractivity contribution in [2.45, 2.75) is 39.0 Å². The van der Waals surface area contributed by atoms with Crippen LogP contribution in [-0.2, 0) is 27.2 Å². The molecule has 144 valence electrons. The molecule has 0 radical (unpaired) electrons. The predicted octanol–water partition coefficient (Wildman–Crippen LogP) is 3.27. The fraction of sp³-hybridized carbons (Fsp3) is 0.550. The fourth-order valence-electron chi connectivity index (χ4n) is 4.79. The van der Waals surface area contributed by atoms with Crippen molar-refractivity contribution in [3.8, 4) is 0 Å². The normalized spacial score (nSPS) is 28.0. The van der Waals surface area contributed by atoms with Gasteiger partial charge in [-0.15, -0.1) is 11.3 Å². The lowest BCUT2D eigenvalue weighted by Crippen LogP contribution is -2.47. The van der Waals surface area contributed by atoms with Crippen LogP contribution < -0.4 is 5.32 Å². The first kappa shape index (κ1) is 18.2. The largest absolute Gasteiger partial charge is 0.481 e. The van der Waals surface area contributed by atoms with Crippen LogP contribution in [0, 0.1) is 23.7 Å². The molecule has 4 aliphatic rings. The molecule has 0 aliphatic heterocycles. The van der Waals surface area contributed by atoms with E-state index in [4.69, 9.17) is 4.74 Å². The Morgan fingerprint density at radius 1 is 1.19 bits per heavy atom. The van der Waals surface area contributed by atoms with Crippen molar-refractivity contribution < 1.29 is 24.2 Å². The van der Waals surface area contributed by atoms with Crippen LogP contribution in [0.1, 0.15) is 47.0 Å². The molecule has 6 nitrogen and oxygen atoms in total. The zero-order valence-electron chi connectivity index (χ0n) is 15.2. The molecular weight excluding hydrogens is 366 g/mol. The zero-order valence-corrected chi connectivity index (χ0v) is 16.0. The standard InChI is InChI=1S/C20H23NO5S/c1-2-26-20(25)16-12-4-3-5-13(12)27-18(16)21-17(22)14-10-6-8-11(9-7-10)15(14)19(23)24/h6,8,10-11,14-15H,2-5,7,9H2,1H3,(H,21,22)(H,23,24)/t10-,11-,14+,15+/m0/s1. The molecular formula is C20H23NO5S. The van der Waals surface area contributed by atoms with Crippen LogP contribution >= 0.6 is 11.3 Å². The van der Waals surface area contributed by atoms with Gasteiger partial charge in [0.25, 0.3) is 0 Å².